The number of aromatic amines is 1. The number of H-pyrrole nitrogens is 1. The van der Waals surface area contributed by atoms with Gasteiger partial charge in [0.05, 0.1) is 22.9 Å². The van der Waals surface area contributed by atoms with Crippen LogP contribution in [0.5, 0.6) is 0 Å². The minimum Gasteiger partial charge on any atom is -0.345 e. The van der Waals surface area contributed by atoms with Crippen LogP contribution in [0, 0.1) is 0 Å². The lowest BCUT2D eigenvalue weighted by atomic mass is 10.1. The zero-order chi connectivity index (χ0) is 16.4. The molecule has 0 bridgehead atoms. The number of nitrogens with one attached hydrogen (secondary N) is 1. The molecular weight excluding hydrogens is 296 g/mol. The quantitative estimate of drug-likeness (QED) is 0.508. The van der Waals surface area contributed by atoms with Crippen molar-refractivity contribution in [2.24, 2.45) is 0 Å². The Morgan fingerprint density at radius 3 is 2.71 bits per heavy atom. The van der Waals surface area contributed by atoms with E-state index in [4.69, 9.17) is 4.98 Å². The van der Waals surface area contributed by atoms with Gasteiger partial charge in [0, 0.05) is 18.2 Å². The van der Waals surface area contributed by atoms with Crippen molar-refractivity contribution in [1.82, 2.24) is 19.4 Å². The Hall–Kier alpha value is -2.62. The average Bonchev–Trinajstić information content (AvgIpc) is 3.23. The minimum atomic E-state index is 0.911. The zero-order valence-electron chi connectivity index (χ0n) is 14.0. The van der Waals surface area contributed by atoms with E-state index in [-0.39, 0.29) is 0 Å². The second kappa shape index (κ2) is 6.48. The van der Waals surface area contributed by atoms with Gasteiger partial charge in [0.25, 0.3) is 0 Å². The maximum atomic E-state index is 5.00. The summed E-state index contributed by atoms with van der Waals surface area (Å²) in [7, 11) is 0. The number of imidazole rings is 1. The molecule has 24 heavy (non-hydrogen) atoms. The van der Waals surface area contributed by atoms with Gasteiger partial charge in [-0.15, -0.1) is 0 Å². The Balaban J connectivity index is 1.85. The largest absolute Gasteiger partial charge is 0.345 e. The van der Waals surface area contributed by atoms with E-state index in [0.717, 1.165) is 40.2 Å². The number of aromatic nitrogens is 4. The van der Waals surface area contributed by atoms with Crippen molar-refractivity contribution in [3.8, 4) is 11.3 Å². The summed E-state index contributed by atoms with van der Waals surface area (Å²) in [6.45, 7) is 2.24. The second-order valence-corrected chi connectivity index (χ2v) is 6.24. The third-order valence-corrected chi connectivity index (χ3v) is 4.54. The summed E-state index contributed by atoms with van der Waals surface area (Å²) < 4.78 is 2.27. The highest BCUT2D eigenvalue weighted by Crippen LogP contribution is 2.28. The molecule has 0 atom stereocenters. The third kappa shape index (κ3) is 2.58. The molecule has 0 aliphatic heterocycles. The van der Waals surface area contributed by atoms with E-state index in [2.05, 4.69) is 51.6 Å². The summed E-state index contributed by atoms with van der Waals surface area (Å²) in [5.74, 6) is 1.13. The normalized spacial score (nSPS) is 11.5. The predicted molar refractivity (Wildman–Crippen MR) is 98.1 cm³/mol. The first-order valence-corrected chi connectivity index (χ1v) is 8.77. The number of hydrogen-bond acceptors (Lipinski definition) is 2. The van der Waals surface area contributed by atoms with Gasteiger partial charge in [-0.3, -0.25) is 4.40 Å². The summed E-state index contributed by atoms with van der Waals surface area (Å²) in [6, 6.07) is 12.5. The first-order valence-electron chi connectivity index (χ1n) is 8.77. The monoisotopic (exact) mass is 318 g/mol. The van der Waals surface area contributed by atoms with Gasteiger partial charge in [0.15, 0.2) is 5.65 Å². The lowest BCUT2D eigenvalue weighted by molar-refractivity contribution is 0.652. The highest BCUT2D eigenvalue weighted by molar-refractivity contribution is 5.84. The van der Waals surface area contributed by atoms with Crippen LogP contribution in [-0.2, 0) is 6.42 Å². The van der Waals surface area contributed by atoms with E-state index in [1.165, 1.54) is 25.7 Å². The number of hydrogen-bond donors (Lipinski definition) is 1. The molecule has 0 spiro atoms. The number of fused-ring (bicyclic) bond motifs is 3. The number of nitrogens with zero attached hydrogens (tertiary/aromatic N) is 3. The Bertz CT molecular complexity index is 950. The molecule has 3 aromatic heterocycles. The van der Waals surface area contributed by atoms with E-state index < -0.39 is 0 Å². The number of benzene rings is 1. The number of unbranched alkanes of at least 4 members (excludes halogenated alkanes) is 3. The molecule has 0 fully saturated rings. The summed E-state index contributed by atoms with van der Waals surface area (Å²) in [4.78, 5) is 12.8. The van der Waals surface area contributed by atoms with E-state index in [1.807, 2.05) is 18.5 Å². The molecule has 3 heterocycles. The van der Waals surface area contributed by atoms with Gasteiger partial charge in [-0.2, -0.15) is 0 Å². The van der Waals surface area contributed by atoms with Crippen LogP contribution in [0.2, 0.25) is 0 Å². The fourth-order valence-corrected chi connectivity index (χ4v) is 3.32. The zero-order valence-corrected chi connectivity index (χ0v) is 14.0. The van der Waals surface area contributed by atoms with Gasteiger partial charge in [-0.1, -0.05) is 56.5 Å². The van der Waals surface area contributed by atoms with Crippen LogP contribution < -0.4 is 0 Å². The molecule has 1 aromatic carbocycles. The molecule has 0 saturated heterocycles. The van der Waals surface area contributed by atoms with E-state index >= 15 is 0 Å². The molecule has 0 saturated carbocycles. The maximum Gasteiger partial charge on any atom is 0.154 e. The van der Waals surface area contributed by atoms with Gasteiger partial charge in [0.2, 0.25) is 0 Å². The summed E-state index contributed by atoms with van der Waals surface area (Å²) >= 11 is 0. The van der Waals surface area contributed by atoms with Crippen molar-refractivity contribution in [2.75, 3.05) is 0 Å². The first kappa shape index (κ1) is 14.9. The second-order valence-electron chi connectivity index (χ2n) is 6.24. The molecule has 1 N–H and O–H groups in total. The molecule has 4 aromatic rings. The number of rotatable bonds is 6. The topological polar surface area (TPSA) is 46.0 Å². The van der Waals surface area contributed by atoms with Gasteiger partial charge in [-0.25, -0.2) is 9.97 Å². The van der Waals surface area contributed by atoms with Crippen molar-refractivity contribution in [3.05, 3.63) is 54.6 Å². The molecule has 0 aliphatic carbocycles. The minimum absolute atomic E-state index is 0.911. The fraction of sp³-hybridized carbons (Fsp3) is 0.300. The Morgan fingerprint density at radius 1 is 1.00 bits per heavy atom. The van der Waals surface area contributed by atoms with Gasteiger partial charge < -0.3 is 4.98 Å². The molecule has 4 heteroatoms. The Labute approximate surface area is 141 Å². The molecule has 4 rings (SSSR count). The smallest absolute Gasteiger partial charge is 0.154 e. The van der Waals surface area contributed by atoms with Gasteiger partial charge >= 0.3 is 0 Å². The van der Waals surface area contributed by atoms with Crippen LogP contribution in [0.25, 0.3) is 27.9 Å². The van der Waals surface area contributed by atoms with Crippen LogP contribution in [-0.4, -0.2) is 19.4 Å². The van der Waals surface area contributed by atoms with Crippen LogP contribution in [0.15, 0.2) is 48.8 Å². The number of aryl methyl sites for hydroxylation is 1. The standard InChI is InChI=1S/C20H22N4/c1-2-3-4-8-11-18-23-19(15-9-6-5-7-10-15)17-14-22-20-16(24(17)18)12-13-21-20/h5-7,9-10,12-14,21H,2-4,8,11H2,1H3. The predicted octanol–water partition coefficient (Wildman–Crippen LogP) is 5.00. The molecule has 0 aliphatic rings. The van der Waals surface area contributed by atoms with Crippen LogP contribution in [0.1, 0.15) is 38.4 Å². The maximum absolute atomic E-state index is 5.00. The van der Waals surface area contributed by atoms with Crippen molar-refractivity contribution < 1.29 is 0 Å². The molecule has 4 nitrogen and oxygen atoms in total. The molecular formula is C20H22N4. The molecule has 0 radical (unpaired) electrons. The van der Waals surface area contributed by atoms with E-state index in [1.54, 1.807) is 0 Å². The Morgan fingerprint density at radius 2 is 1.88 bits per heavy atom. The lowest BCUT2D eigenvalue weighted by Gasteiger charge is -2.03. The fourth-order valence-electron chi connectivity index (χ4n) is 3.32. The van der Waals surface area contributed by atoms with Crippen molar-refractivity contribution in [2.45, 2.75) is 39.0 Å². The van der Waals surface area contributed by atoms with Gasteiger partial charge in [0.1, 0.15) is 5.82 Å². The molecule has 0 unspecified atom stereocenters. The first-order chi connectivity index (χ1) is 11.9. The van der Waals surface area contributed by atoms with Crippen molar-refractivity contribution >= 4 is 16.7 Å². The Kier molecular flexibility index (Phi) is 4.03. The van der Waals surface area contributed by atoms with Crippen LogP contribution in [0.4, 0.5) is 0 Å². The van der Waals surface area contributed by atoms with Crippen LogP contribution >= 0.6 is 0 Å². The van der Waals surface area contributed by atoms with E-state index in [0.29, 0.717) is 0 Å². The molecule has 122 valence electrons. The summed E-state index contributed by atoms with van der Waals surface area (Å²) in [5, 5.41) is 0. The van der Waals surface area contributed by atoms with Crippen molar-refractivity contribution in [1.29, 1.82) is 0 Å². The van der Waals surface area contributed by atoms with Gasteiger partial charge in [-0.05, 0) is 12.5 Å². The summed E-state index contributed by atoms with van der Waals surface area (Å²) in [6.07, 6.45) is 9.85. The highest BCUT2D eigenvalue weighted by Gasteiger charge is 2.15. The van der Waals surface area contributed by atoms with Crippen LogP contribution in [0.3, 0.4) is 0 Å². The SMILES string of the molecule is CCCCCCc1nc(-c2ccccc2)c2cnc3[nH]ccc3n12. The van der Waals surface area contributed by atoms with E-state index in [9.17, 15) is 0 Å². The van der Waals surface area contributed by atoms with Crippen molar-refractivity contribution in [3.63, 3.8) is 0 Å². The lowest BCUT2D eigenvalue weighted by Crippen LogP contribution is -1.97. The molecule has 0 amide bonds. The highest BCUT2D eigenvalue weighted by atomic mass is 15.1. The third-order valence-electron chi connectivity index (χ3n) is 4.54. The summed E-state index contributed by atoms with van der Waals surface area (Å²) in [5.41, 5.74) is 5.27. The average molecular weight is 318 g/mol.